The van der Waals surface area contributed by atoms with E-state index in [-0.39, 0.29) is 0 Å². The van der Waals surface area contributed by atoms with Crippen LogP contribution in [0.15, 0.2) is 67.1 Å². The first-order chi connectivity index (χ1) is 14.6. The molecule has 1 amide bonds. The molecule has 1 saturated carbocycles. The lowest BCUT2D eigenvalue weighted by Gasteiger charge is -2.03. The Morgan fingerprint density at radius 2 is 1.80 bits per heavy atom. The summed E-state index contributed by atoms with van der Waals surface area (Å²) in [7, 11) is 0. The zero-order valence-corrected chi connectivity index (χ0v) is 16.6. The fourth-order valence-corrected chi connectivity index (χ4v) is 3.51. The molecule has 3 heterocycles. The fourth-order valence-electron chi connectivity index (χ4n) is 3.51. The van der Waals surface area contributed by atoms with Crippen molar-refractivity contribution in [1.29, 1.82) is 0 Å². The number of nitrogens with zero attached hydrogens (tertiary/aromatic N) is 4. The van der Waals surface area contributed by atoms with Crippen LogP contribution < -0.4 is 11.5 Å². The van der Waals surface area contributed by atoms with Gasteiger partial charge in [-0.15, -0.1) is 0 Å². The normalized spacial score (nSPS) is 13.8. The summed E-state index contributed by atoms with van der Waals surface area (Å²) in [6.07, 6.45) is 10.3. The minimum absolute atomic E-state index is 0.401. The zero-order chi connectivity index (χ0) is 20.9. The zero-order valence-electron chi connectivity index (χ0n) is 16.6. The molecule has 3 aromatic heterocycles. The molecule has 152 valence electrons. The molecular formula is C23H24N6O. The van der Waals surface area contributed by atoms with Gasteiger partial charge in [0.2, 0.25) is 5.91 Å². The summed E-state index contributed by atoms with van der Waals surface area (Å²) in [4.78, 5) is 20.4. The standard InChI is InChI=1S/C18H13N5O.C5H11N/c19-17(24)13-6-8-20-16(10-13)14-11-21-23-9-7-15(22-18(14)23)12-4-2-1-3-5-12;6-5-3-1-2-4-5/h1-11H,(H2,19,24);5H,1-4,6H2. The van der Waals surface area contributed by atoms with Crippen molar-refractivity contribution in [2.75, 3.05) is 0 Å². The van der Waals surface area contributed by atoms with Crippen LogP contribution in [0.5, 0.6) is 0 Å². The van der Waals surface area contributed by atoms with Crippen LogP contribution in [0.2, 0.25) is 0 Å². The SMILES string of the molecule is NC(=O)c1ccnc(-c2cnn3ccc(-c4ccccc4)nc23)c1.NC1CCCC1. The van der Waals surface area contributed by atoms with Gasteiger partial charge in [-0.3, -0.25) is 9.78 Å². The molecule has 0 saturated heterocycles. The van der Waals surface area contributed by atoms with E-state index in [1.165, 1.54) is 25.7 Å². The van der Waals surface area contributed by atoms with Gasteiger partial charge in [-0.1, -0.05) is 43.2 Å². The number of amides is 1. The molecule has 4 aromatic rings. The van der Waals surface area contributed by atoms with Crippen molar-refractivity contribution in [2.24, 2.45) is 11.5 Å². The summed E-state index contributed by atoms with van der Waals surface area (Å²) < 4.78 is 1.68. The van der Waals surface area contributed by atoms with E-state index < -0.39 is 5.91 Å². The van der Waals surface area contributed by atoms with Crippen molar-refractivity contribution in [3.63, 3.8) is 0 Å². The Balaban J connectivity index is 0.000000313. The number of rotatable bonds is 3. The summed E-state index contributed by atoms with van der Waals surface area (Å²) >= 11 is 0. The van der Waals surface area contributed by atoms with Gasteiger partial charge in [-0.05, 0) is 31.0 Å². The van der Waals surface area contributed by atoms with Gasteiger partial charge < -0.3 is 11.5 Å². The molecule has 1 aliphatic carbocycles. The van der Waals surface area contributed by atoms with Crippen LogP contribution in [-0.2, 0) is 0 Å². The first kappa shape index (κ1) is 19.7. The summed E-state index contributed by atoms with van der Waals surface area (Å²) in [6.45, 7) is 0. The van der Waals surface area contributed by atoms with Gasteiger partial charge in [-0.25, -0.2) is 9.50 Å². The molecule has 1 fully saturated rings. The number of primary amides is 1. The Morgan fingerprint density at radius 1 is 1.03 bits per heavy atom. The van der Waals surface area contributed by atoms with Crippen molar-refractivity contribution in [1.82, 2.24) is 19.6 Å². The average molecular weight is 400 g/mol. The molecule has 0 unspecified atom stereocenters. The first-order valence-electron chi connectivity index (χ1n) is 10.0. The van der Waals surface area contributed by atoms with Crippen LogP contribution in [0.1, 0.15) is 36.0 Å². The number of carbonyl (C=O) groups is 1. The quantitative estimate of drug-likeness (QED) is 0.547. The van der Waals surface area contributed by atoms with Crippen LogP contribution in [0.4, 0.5) is 0 Å². The number of benzene rings is 1. The number of hydrogen-bond acceptors (Lipinski definition) is 5. The first-order valence-corrected chi connectivity index (χ1v) is 10.0. The second kappa shape index (κ2) is 8.84. The average Bonchev–Trinajstić information content (AvgIpc) is 3.43. The predicted octanol–water partition coefficient (Wildman–Crippen LogP) is 3.44. The molecule has 1 aromatic carbocycles. The Morgan fingerprint density at radius 3 is 2.47 bits per heavy atom. The van der Waals surface area contributed by atoms with E-state index in [9.17, 15) is 4.79 Å². The van der Waals surface area contributed by atoms with Crippen molar-refractivity contribution < 1.29 is 4.79 Å². The van der Waals surface area contributed by atoms with Crippen molar-refractivity contribution in [3.8, 4) is 22.5 Å². The maximum atomic E-state index is 11.4. The highest BCUT2D eigenvalue weighted by Crippen LogP contribution is 2.24. The molecule has 0 atom stereocenters. The van der Waals surface area contributed by atoms with Gasteiger partial charge in [0, 0.05) is 29.6 Å². The third-order valence-corrected chi connectivity index (χ3v) is 5.16. The topological polar surface area (TPSA) is 112 Å². The van der Waals surface area contributed by atoms with E-state index >= 15 is 0 Å². The van der Waals surface area contributed by atoms with Gasteiger partial charge in [-0.2, -0.15) is 5.10 Å². The van der Waals surface area contributed by atoms with E-state index in [4.69, 9.17) is 16.5 Å². The van der Waals surface area contributed by atoms with E-state index in [1.807, 2.05) is 42.6 Å². The largest absolute Gasteiger partial charge is 0.366 e. The van der Waals surface area contributed by atoms with Crippen LogP contribution in [0.3, 0.4) is 0 Å². The third kappa shape index (κ3) is 4.36. The Kier molecular flexibility index (Phi) is 5.81. The van der Waals surface area contributed by atoms with Gasteiger partial charge in [0.1, 0.15) is 0 Å². The molecule has 30 heavy (non-hydrogen) atoms. The lowest BCUT2D eigenvalue weighted by atomic mass is 10.1. The highest BCUT2D eigenvalue weighted by atomic mass is 16.1. The maximum Gasteiger partial charge on any atom is 0.248 e. The van der Waals surface area contributed by atoms with Gasteiger partial charge in [0.25, 0.3) is 0 Å². The molecule has 0 radical (unpaired) electrons. The summed E-state index contributed by atoms with van der Waals surface area (Å²) in [6, 6.07) is 15.6. The number of aromatic nitrogens is 4. The molecule has 4 N–H and O–H groups in total. The van der Waals surface area contributed by atoms with Crippen molar-refractivity contribution in [2.45, 2.75) is 31.7 Å². The van der Waals surface area contributed by atoms with Crippen LogP contribution in [0, 0.1) is 0 Å². The molecular weight excluding hydrogens is 376 g/mol. The van der Waals surface area contributed by atoms with Gasteiger partial charge in [0.15, 0.2) is 5.65 Å². The predicted molar refractivity (Wildman–Crippen MR) is 117 cm³/mol. The van der Waals surface area contributed by atoms with Crippen molar-refractivity contribution >= 4 is 11.6 Å². The van der Waals surface area contributed by atoms with Crippen LogP contribution in [-0.4, -0.2) is 31.5 Å². The van der Waals surface area contributed by atoms with Crippen LogP contribution in [0.25, 0.3) is 28.2 Å². The van der Waals surface area contributed by atoms with Gasteiger partial charge >= 0.3 is 0 Å². The van der Waals surface area contributed by atoms with E-state index in [0.717, 1.165) is 16.8 Å². The Hall–Kier alpha value is -3.58. The monoisotopic (exact) mass is 400 g/mol. The fraction of sp³-hybridized carbons (Fsp3) is 0.217. The van der Waals surface area contributed by atoms with E-state index in [1.54, 1.807) is 29.0 Å². The minimum Gasteiger partial charge on any atom is -0.366 e. The number of nitrogens with two attached hydrogens (primary N) is 2. The summed E-state index contributed by atoms with van der Waals surface area (Å²) in [5, 5.41) is 4.30. The molecule has 0 spiro atoms. The number of pyridine rings is 1. The molecule has 7 nitrogen and oxygen atoms in total. The number of hydrogen-bond donors (Lipinski definition) is 2. The molecule has 1 aliphatic rings. The highest BCUT2D eigenvalue weighted by molar-refractivity contribution is 5.94. The molecule has 0 aliphatic heterocycles. The third-order valence-electron chi connectivity index (χ3n) is 5.16. The van der Waals surface area contributed by atoms with E-state index in [2.05, 4.69) is 10.1 Å². The minimum atomic E-state index is -0.493. The molecule has 5 rings (SSSR count). The second-order valence-electron chi connectivity index (χ2n) is 7.34. The lowest BCUT2D eigenvalue weighted by Crippen LogP contribution is -2.13. The highest BCUT2D eigenvalue weighted by Gasteiger charge is 2.12. The Labute approximate surface area is 174 Å². The maximum absolute atomic E-state index is 11.4. The molecule has 7 heteroatoms. The van der Waals surface area contributed by atoms with Crippen molar-refractivity contribution in [3.05, 3.63) is 72.7 Å². The smallest absolute Gasteiger partial charge is 0.248 e. The van der Waals surface area contributed by atoms with Gasteiger partial charge in [0.05, 0.1) is 23.1 Å². The second-order valence-corrected chi connectivity index (χ2v) is 7.34. The molecule has 0 bridgehead atoms. The lowest BCUT2D eigenvalue weighted by molar-refractivity contribution is 0.1000. The van der Waals surface area contributed by atoms with Crippen LogP contribution >= 0.6 is 0 Å². The van der Waals surface area contributed by atoms with E-state index in [0.29, 0.717) is 22.9 Å². The summed E-state index contributed by atoms with van der Waals surface area (Å²) in [5.41, 5.74) is 15.2. The summed E-state index contributed by atoms with van der Waals surface area (Å²) in [5.74, 6) is -0.493. The number of carbonyl (C=O) groups excluding carboxylic acids is 1. The number of fused-ring (bicyclic) bond motifs is 1. The Bertz CT molecular complexity index is 1150.